The van der Waals surface area contributed by atoms with Crippen molar-refractivity contribution >= 4 is 52.2 Å². The average Bonchev–Trinajstić information content (AvgIpc) is 3.14. The minimum Gasteiger partial charge on any atom is -0.490 e. The first-order valence-corrected chi connectivity index (χ1v) is 12.9. The molecule has 0 aliphatic carbocycles. The first-order chi connectivity index (χ1) is 18.2. The molecule has 0 atom stereocenters. The minimum absolute atomic E-state index is 0.150. The van der Waals surface area contributed by atoms with Crippen LogP contribution in [-0.2, 0) is 16.1 Å². The highest BCUT2D eigenvalue weighted by atomic mass is 35.5. The zero-order valence-corrected chi connectivity index (χ0v) is 22.2. The van der Waals surface area contributed by atoms with Gasteiger partial charge in [-0.15, -0.1) is 0 Å². The summed E-state index contributed by atoms with van der Waals surface area (Å²) in [6.45, 7) is 3.60. The summed E-state index contributed by atoms with van der Waals surface area (Å²) in [4.78, 5) is 38.9. The lowest BCUT2D eigenvalue weighted by atomic mass is 10.1. The third-order valence-electron chi connectivity index (χ3n) is 5.54. The van der Waals surface area contributed by atoms with Crippen molar-refractivity contribution in [2.45, 2.75) is 20.4 Å². The predicted octanol–water partition coefficient (Wildman–Crippen LogP) is 6.44. The molecule has 10 heteroatoms. The maximum absolute atomic E-state index is 14.0. The summed E-state index contributed by atoms with van der Waals surface area (Å²) in [6, 6.07) is 16.2. The minimum atomic E-state index is -0.505. The Kier molecular flexibility index (Phi) is 8.70. The lowest BCUT2D eigenvalue weighted by Gasteiger charge is -2.13. The van der Waals surface area contributed by atoms with Crippen LogP contribution in [0.15, 0.2) is 65.6 Å². The van der Waals surface area contributed by atoms with Crippen molar-refractivity contribution in [3.63, 3.8) is 0 Å². The van der Waals surface area contributed by atoms with Crippen molar-refractivity contribution < 1.29 is 28.2 Å². The van der Waals surface area contributed by atoms with Crippen LogP contribution in [0, 0.1) is 12.7 Å². The Hall–Kier alpha value is -3.82. The van der Waals surface area contributed by atoms with Gasteiger partial charge in [0, 0.05) is 16.3 Å². The fraction of sp³-hybridized carbons (Fsp3) is 0.179. The third-order valence-corrected chi connectivity index (χ3v) is 6.85. The number of thioether (sulfide) groups is 1. The second-order valence-electron chi connectivity index (χ2n) is 8.30. The van der Waals surface area contributed by atoms with E-state index in [2.05, 4.69) is 5.32 Å². The van der Waals surface area contributed by atoms with Crippen LogP contribution in [0.25, 0.3) is 6.08 Å². The Morgan fingerprint density at radius 1 is 1.08 bits per heavy atom. The van der Waals surface area contributed by atoms with Gasteiger partial charge in [-0.25, -0.2) is 4.39 Å². The van der Waals surface area contributed by atoms with Crippen LogP contribution in [0.3, 0.4) is 0 Å². The SMILES string of the molecule is CCOc1cc(/C=C2\SC(=O)N(Cc3ccccc3F)C2=O)ccc1OCC(=O)Nc1ccc(C)c(Cl)c1. The van der Waals surface area contributed by atoms with E-state index in [0.29, 0.717) is 34.4 Å². The van der Waals surface area contributed by atoms with Gasteiger partial charge in [0.15, 0.2) is 18.1 Å². The van der Waals surface area contributed by atoms with E-state index >= 15 is 0 Å². The van der Waals surface area contributed by atoms with Gasteiger partial charge in [0.2, 0.25) is 0 Å². The van der Waals surface area contributed by atoms with Gasteiger partial charge in [0.25, 0.3) is 17.1 Å². The lowest BCUT2D eigenvalue weighted by molar-refractivity contribution is -0.123. The van der Waals surface area contributed by atoms with Crippen LogP contribution in [0.4, 0.5) is 14.9 Å². The maximum Gasteiger partial charge on any atom is 0.293 e. The number of nitrogens with zero attached hydrogens (tertiary/aromatic N) is 1. The standard InChI is InChI=1S/C28H24ClFN2O5S/c1-3-36-24-12-18(9-11-23(24)37-16-26(33)31-20-10-8-17(2)21(29)14-20)13-25-27(34)32(28(35)38-25)15-19-6-4-5-7-22(19)30/h4-14H,3,15-16H2,1-2H3,(H,31,33)/b25-13-. The molecule has 0 unspecified atom stereocenters. The van der Waals surface area contributed by atoms with Crippen molar-refractivity contribution in [2.24, 2.45) is 0 Å². The molecule has 1 heterocycles. The molecule has 7 nitrogen and oxygen atoms in total. The molecule has 1 N–H and O–H groups in total. The van der Waals surface area contributed by atoms with Gasteiger partial charge < -0.3 is 14.8 Å². The molecule has 3 aromatic rings. The highest BCUT2D eigenvalue weighted by molar-refractivity contribution is 8.18. The number of benzene rings is 3. The number of hydrogen-bond acceptors (Lipinski definition) is 6. The summed E-state index contributed by atoms with van der Waals surface area (Å²) >= 11 is 6.89. The molecule has 1 aliphatic heterocycles. The van der Waals surface area contributed by atoms with Gasteiger partial charge in [-0.2, -0.15) is 0 Å². The summed E-state index contributed by atoms with van der Waals surface area (Å²) in [5.41, 5.74) is 2.30. The normalized spacial score (nSPS) is 14.2. The number of rotatable bonds is 9. The summed E-state index contributed by atoms with van der Waals surface area (Å²) in [6.07, 6.45) is 1.56. The number of halogens is 2. The van der Waals surface area contributed by atoms with Gasteiger partial charge in [-0.3, -0.25) is 19.3 Å². The summed E-state index contributed by atoms with van der Waals surface area (Å²) < 4.78 is 25.4. The van der Waals surface area contributed by atoms with E-state index in [1.807, 2.05) is 6.92 Å². The van der Waals surface area contributed by atoms with E-state index in [4.69, 9.17) is 21.1 Å². The summed E-state index contributed by atoms with van der Waals surface area (Å²) in [7, 11) is 0. The Morgan fingerprint density at radius 3 is 2.61 bits per heavy atom. The second kappa shape index (κ2) is 12.1. The van der Waals surface area contributed by atoms with Crippen LogP contribution in [-0.4, -0.2) is 35.2 Å². The van der Waals surface area contributed by atoms with Crippen molar-refractivity contribution in [1.82, 2.24) is 4.90 Å². The summed E-state index contributed by atoms with van der Waals surface area (Å²) in [5, 5.41) is 2.79. The van der Waals surface area contributed by atoms with Crippen LogP contribution >= 0.6 is 23.4 Å². The number of carbonyl (C=O) groups is 3. The first kappa shape index (κ1) is 27.2. The Morgan fingerprint density at radius 2 is 1.87 bits per heavy atom. The Balaban J connectivity index is 1.44. The first-order valence-electron chi connectivity index (χ1n) is 11.7. The second-order valence-corrected chi connectivity index (χ2v) is 9.70. The molecular weight excluding hydrogens is 531 g/mol. The Bertz CT molecular complexity index is 1430. The highest BCUT2D eigenvalue weighted by Crippen LogP contribution is 2.35. The molecule has 3 amide bonds. The average molecular weight is 555 g/mol. The molecule has 3 aromatic carbocycles. The van der Waals surface area contributed by atoms with E-state index in [1.165, 1.54) is 12.1 Å². The quantitative estimate of drug-likeness (QED) is 0.306. The lowest BCUT2D eigenvalue weighted by Crippen LogP contribution is -2.27. The molecule has 0 aromatic heterocycles. The molecule has 0 spiro atoms. The molecule has 0 radical (unpaired) electrons. The van der Waals surface area contributed by atoms with Gasteiger partial charge >= 0.3 is 0 Å². The Labute approximate surface area is 228 Å². The molecule has 38 heavy (non-hydrogen) atoms. The van der Waals surface area contributed by atoms with Crippen molar-refractivity contribution in [2.75, 3.05) is 18.5 Å². The van der Waals surface area contributed by atoms with Crippen LogP contribution in [0.2, 0.25) is 5.02 Å². The number of nitrogens with one attached hydrogen (secondary N) is 1. The monoisotopic (exact) mass is 554 g/mol. The molecule has 1 saturated heterocycles. The topological polar surface area (TPSA) is 84.9 Å². The molecule has 1 fully saturated rings. The van der Waals surface area contributed by atoms with Gasteiger partial charge in [0.05, 0.1) is 18.1 Å². The fourth-order valence-corrected chi connectivity index (χ4v) is 4.62. The van der Waals surface area contributed by atoms with Crippen molar-refractivity contribution in [3.05, 3.63) is 93.1 Å². The van der Waals surface area contributed by atoms with Crippen molar-refractivity contribution in [3.8, 4) is 11.5 Å². The van der Waals surface area contributed by atoms with E-state index in [9.17, 15) is 18.8 Å². The zero-order valence-electron chi connectivity index (χ0n) is 20.6. The maximum atomic E-state index is 14.0. The van der Waals surface area contributed by atoms with Gasteiger partial charge in [-0.05, 0) is 73.1 Å². The van der Waals surface area contributed by atoms with E-state index in [-0.39, 0.29) is 29.5 Å². The molecule has 196 valence electrons. The number of amides is 3. The summed E-state index contributed by atoms with van der Waals surface area (Å²) in [5.74, 6) is -0.648. The van der Waals surface area contributed by atoms with Gasteiger partial charge in [-0.1, -0.05) is 41.9 Å². The van der Waals surface area contributed by atoms with Crippen LogP contribution in [0.1, 0.15) is 23.6 Å². The van der Waals surface area contributed by atoms with Crippen molar-refractivity contribution in [1.29, 1.82) is 0 Å². The third kappa shape index (κ3) is 6.54. The predicted molar refractivity (Wildman–Crippen MR) is 146 cm³/mol. The number of ether oxygens (including phenoxy) is 2. The van der Waals surface area contributed by atoms with Gasteiger partial charge in [0.1, 0.15) is 5.82 Å². The smallest absolute Gasteiger partial charge is 0.293 e. The van der Waals surface area contributed by atoms with E-state index in [0.717, 1.165) is 22.2 Å². The fourth-order valence-electron chi connectivity index (χ4n) is 3.60. The molecule has 1 aliphatic rings. The molecule has 0 saturated carbocycles. The van der Waals surface area contributed by atoms with Crippen LogP contribution < -0.4 is 14.8 Å². The number of anilines is 1. The number of aryl methyl sites for hydroxylation is 1. The highest BCUT2D eigenvalue weighted by Gasteiger charge is 2.35. The zero-order chi connectivity index (χ0) is 27.2. The number of carbonyl (C=O) groups excluding carboxylic acids is 3. The van der Waals surface area contributed by atoms with E-state index < -0.39 is 17.0 Å². The number of imide groups is 1. The number of hydrogen-bond donors (Lipinski definition) is 1. The van der Waals surface area contributed by atoms with Crippen LogP contribution in [0.5, 0.6) is 11.5 Å². The molecule has 4 rings (SSSR count). The largest absolute Gasteiger partial charge is 0.490 e. The molecular formula is C28H24ClFN2O5S. The molecule has 0 bridgehead atoms. The van der Waals surface area contributed by atoms with E-state index in [1.54, 1.807) is 61.5 Å².